The minimum atomic E-state index is 1.12. The third-order valence-corrected chi connectivity index (χ3v) is 8.77. The maximum Gasteiger partial charge on any atom is 0.0775 e. The van der Waals surface area contributed by atoms with Crippen LogP contribution >= 0.6 is 45.3 Å². The van der Waals surface area contributed by atoms with Crippen LogP contribution in [0.3, 0.4) is 0 Å². The van der Waals surface area contributed by atoms with Gasteiger partial charge >= 0.3 is 0 Å². The van der Waals surface area contributed by atoms with Crippen LogP contribution in [0.4, 0.5) is 0 Å². The summed E-state index contributed by atoms with van der Waals surface area (Å²) in [5.41, 5.74) is 2.29. The first-order valence-corrected chi connectivity index (χ1v) is 12.9. The normalized spacial score (nSPS) is 10.8. The smallest absolute Gasteiger partial charge is 0.0775 e. The number of hydrogen-bond donors (Lipinski definition) is 0. The molecule has 0 spiro atoms. The van der Waals surface area contributed by atoms with Crippen LogP contribution in [-0.2, 0) is 0 Å². The first-order chi connectivity index (χ1) is 14.5. The van der Waals surface area contributed by atoms with Gasteiger partial charge in [0.1, 0.15) is 0 Å². The second-order valence-corrected chi connectivity index (χ2v) is 12.4. The average Bonchev–Trinajstić information content (AvgIpc) is 3.46. The molecule has 0 N–H and O–H groups in total. The van der Waals surface area contributed by atoms with E-state index in [1.54, 1.807) is 22.7 Å². The monoisotopic (exact) mass is 458 g/mol. The Kier molecular flexibility index (Phi) is 5.05. The van der Waals surface area contributed by atoms with Crippen molar-refractivity contribution in [2.45, 2.75) is 27.7 Å². The lowest BCUT2D eigenvalue weighted by molar-refractivity contribution is 1.64. The molecule has 0 radical (unpaired) electrons. The van der Waals surface area contributed by atoms with E-state index >= 15 is 0 Å². The van der Waals surface area contributed by atoms with Crippen LogP contribution < -0.4 is 0 Å². The highest BCUT2D eigenvalue weighted by molar-refractivity contribution is 7.21. The van der Waals surface area contributed by atoms with E-state index in [9.17, 15) is 0 Å². The van der Waals surface area contributed by atoms with Crippen molar-refractivity contribution in [1.82, 2.24) is 0 Å². The van der Waals surface area contributed by atoms with Crippen LogP contribution in [0.2, 0.25) is 0 Å². The molecule has 0 aliphatic carbocycles. The van der Waals surface area contributed by atoms with Crippen molar-refractivity contribution < 1.29 is 0 Å². The van der Waals surface area contributed by atoms with Crippen LogP contribution in [0.15, 0.2) is 36.4 Å². The molecule has 0 aliphatic heterocycles. The van der Waals surface area contributed by atoms with Crippen LogP contribution in [0.5, 0.6) is 0 Å². The van der Waals surface area contributed by atoms with E-state index in [-0.39, 0.29) is 0 Å². The van der Waals surface area contributed by atoms with E-state index in [1.165, 1.54) is 39.7 Å². The lowest BCUT2D eigenvalue weighted by Crippen LogP contribution is -1.84. The summed E-state index contributed by atoms with van der Waals surface area (Å²) in [6, 6.07) is 13.0. The largest absolute Gasteiger partial charge is 0.139 e. The van der Waals surface area contributed by atoms with Gasteiger partial charge in [-0.2, -0.15) is 0 Å². The fourth-order valence-corrected chi connectivity index (χ4v) is 7.02. The van der Waals surface area contributed by atoms with Gasteiger partial charge < -0.3 is 0 Å². The van der Waals surface area contributed by atoms with Crippen molar-refractivity contribution >= 4 is 65.5 Å². The standard InChI is InChI=1S/C26H18S4/c1-15-5-7-19(27-15)9-11-21-23-13-17(3)30-26(23)22(24-14-18(4)29-25(21)24)12-10-20-8-6-16(2)28-20/h5-8,13-14H,1-4H3. The minimum Gasteiger partial charge on any atom is -0.139 e. The zero-order chi connectivity index (χ0) is 20.8. The number of aryl methyl sites for hydroxylation is 4. The maximum absolute atomic E-state index is 3.52. The van der Waals surface area contributed by atoms with Crippen LogP contribution in [0, 0.1) is 51.4 Å². The van der Waals surface area contributed by atoms with Crippen LogP contribution in [0.25, 0.3) is 20.2 Å². The number of rotatable bonds is 0. The molecule has 5 aromatic rings. The minimum absolute atomic E-state index is 1.12. The Labute approximate surface area is 192 Å². The molecule has 0 atom stereocenters. The number of hydrogen-bond acceptors (Lipinski definition) is 4. The summed E-state index contributed by atoms with van der Waals surface area (Å²) in [6.45, 7) is 8.59. The molecule has 4 heterocycles. The van der Waals surface area contributed by atoms with Gasteiger partial charge in [-0.25, -0.2) is 0 Å². The zero-order valence-electron chi connectivity index (χ0n) is 17.1. The Morgan fingerprint density at radius 1 is 0.500 bits per heavy atom. The molecule has 30 heavy (non-hydrogen) atoms. The Bertz CT molecular complexity index is 1370. The summed E-state index contributed by atoms with van der Waals surface area (Å²) >= 11 is 7.15. The molecule has 0 aliphatic rings. The second-order valence-electron chi connectivity index (χ2n) is 7.27. The van der Waals surface area contributed by atoms with Gasteiger partial charge in [0.15, 0.2) is 0 Å². The van der Waals surface area contributed by atoms with E-state index in [4.69, 9.17) is 0 Å². The summed E-state index contributed by atoms with van der Waals surface area (Å²) in [6.07, 6.45) is 0. The lowest BCUT2D eigenvalue weighted by atomic mass is 10.0. The quantitative estimate of drug-likeness (QED) is 0.205. The van der Waals surface area contributed by atoms with E-state index in [2.05, 4.69) is 87.8 Å². The molecule has 0 unspecified atom stereocenters. The van der Waals surface area contributed by atoms with E-state index in [0.29, 0.717) is 0 Å². The van der Waals surface area contributed by atoms with Crippen LogP contribution in [0.1, 0.15) is 40.4 Å². The third kappa shape index (κ3) is 3.62. The van der Waals surface area contributed by atoms with Gasteiger partial charge in [0, 0.05) is 30.3 Å². The van der Waals surface area contributed by atoms with Crippen molar-refractivity contribution in [3.05, 3.63) is 76.8 Å². The molecular weight excluding hydrogens is 441 g/mol. The van der Waals surface area contributed by atoms with Gasteiger partial charge in [-0.3, -0.25) is 0 Å². The van der Waals surface area contributed by atoms with Crippen molar-refractivity contribution in [2.75, 3.05) is 0 Å². The highest BCUT2D eigenvalue weighted by Gasteiger charge is 2.16. The summed E-state index contributed by atoms with van der Waals surface area (Å²) < 4.78 is 2.51. The second kappa shape index (κ2) is 7.73. The summed E-state index contributed by atoms with van der Waals surface area (Å²) in [5.74, 6) is 13.9. The molecule has 1 aromatic carbocycles. The summed E-state index contributed by atoms with van der Waals surface area (Å²) in [5, 5.41) is 2.47. The Morgan fingerprint density at radius 2 is 0.933 bits per heavy atom. The van der Waals surface area contributed by atoms with Gasteiger partial charge in [0.05, 0.1) is 30.3 Å². The van der Waals surface area contributed by atoms with Crippen molar-refractivity contribution in [3.8, 4) is 23.7 Å². The van der Waals surface area contributed by atoms with Crippen molar-refractivity contribution in [3.63, 3.8) is 0 Å². The SMILES string of the molecule is Cc1ccc(C#Cc2c3cc(C)sc3c(C#Cc3ccc(C)s3)c3cc(C)sc23)s1. The number of thiophene rings is 4. The summed E-state index contributed by atoms with van der Waals surface area (Å²) in [7, 11) is 0. The van der Waals surface area contributed by atoms with E-state index in [0.717, 1.165) is 20.9 Å². The van der Waals surface area contributed by atoms with Gasteiger partial charge in [0.2, 0.25) is 0 Å². The Hall–Kier alpha value is -2.34. The molecule has 4 heteroatoms. The highest BCUT2D eigenvalue weighted by atomic mass is 32.1. The topological polar surface area (TPSA) is 0 Å². The summed E-state index contributed by atoms with van der Waals surface area (Å²) in [4.78, 5) is 7.41. The van der Waals surface area contributed by atoms with Crippen molar-refractivity contribution in [1.29, 1.82) is 0 Å². The highest BCUT2D eigenvalue weighted by Crippen LogP contribution is 2.41. The molecule has 0 nitrogen and oxygen atoms in total. The molecular formula is C26H18S4. The van der Waals surface area contributed by atoms with Crippen molar-refractivity contribution in [2.24, 2.45) is 0 Å². The van der Waals surface area contributed by atoms with Gasteiger partial charge in [-0.1, -0.05) is 23.7 Å². The molecule has 0 amide bonds. The van der Waals surface area contributed by atoms with E-state index in [1.807, 2.05) is 22.7 Å². The fourth-order valence-electron chi connectivity index (χ4n) is 3.52. The predicted octanol–water partition coefficient (Wildman–Crippen LogP) is 8.27. The van der Waals surface area contributed by atoms with Gasteiger partial charge in [-0.05, 0) is 64.1 Å². The molecule has 5 rings (SSSR count). The van der Waals surface area contributed by atoms with Crippen LogP contribution in [-0.4, -0.2) is 0 Å². The first-order valence-electron chi connectivity index (χ1n) is 9.61. The molecule has 0 saturated heterocycles. The Balaban J connectivity index is 1.78. The van der Waals surface area contributed by atoms with Gasteiger partial charge in [0.25, 0.3) is 0 Å². The maximum atomic E-state index is 3.52. The fraction of sp³-hybridized carbons (Fsp3) is 0.154. The van der Waals surface area contributed by atoms with Gasteiger partial charge in [-0.15, -0.1) is 45.3 Å². The zero-order valence-corrected chi connectivity index (χ0v) is 20.4. The first kappa shape index (κ1) is 19.6. The number of fused-ring (bicyclic) bond motifs is 2. The Morgan fingerprint density at radius 3 is 1.30 bits per heavy atom. The molecule has 0 bridgehead atoms. The lowest BCUT2D eigenvalue weighted by Gasteiger charge is -2.02. The molecule has 0 fully saturated rings. The molecule has 146 valence electrons. The third-order valence-electron chi connectivity index (χ3n) is 4.81. The molecule has 0 saturated carbocycles. The van der Waals surface area contributed by atoms with E-state index < -0.39 is 0 Å². The predicted molar refractivity (Wildman–Crippen MR) is 137 cm³/mol. The number of benzene rings is 1. The molecule has 4 aromatic heterocycles. The average molecular weight is 459 g/mol.